The van der Waals surface area contributed by atoms with Crippen LogP contribution < -0.4 is 16.0 Å². The Bertz CT molecular complexity index is 626. The monoisotopic (exact) mass is 283 g/mol. The predicted octanol–water partition coefficient (Wildman–Crippen LogP) is 2.76. The van der Waals surface area contributed by atoms with E-state index in [1.165, 1.54) is 0 Å². The SMILES string of the molecule is Cc1cccc(NC(=O)CNC(=O)Nc2ccccc2)c1. The van der Waals surface area contributed by atoms with Gasteiger partial charge < -0.3 is 16.0 Å². The van der Waals surface area contributed by atoms with E-state index in [9.17, 15) is 9.59 Å². The number of para-hydroxylation sites is 1. The van der Waals surface area contributed by atoms with Gasteiger partial charge in [-0.2, -0.15) is 0 Å². The van der Waals surface area contributed by atoms with Crippen LogP contribution in [-0.4, -0.2) is 18.5 Å². The first kappa shape index (κ1) is 14.6. The van der Waals surface area contributed by atoms with E-state index in [0.29, 0.717) is 11.4 Å². The van der Waals surface area contributed by atoms with Crippen LogP contribution in [0, 0.1) is 6.92 Å². The summed E-state index contributed by atoms with van der Waals surface area (Å²) >= 11 is 0. The lowest BCUT2D eigenvalue weighted by Crippen LogP contribution is -2.35. The molecule has 0 fully saturated rings. The number of amides is 3. The second-order valence-electron chi connectivity index (χ2n) is 4.59. The first-order chi connectivity index (χ1) is 10.1. The van der Waals surface area contributed by atoms with Crippen molar-refractivity contribution in [2.75, 3.05) is 17.2 Å². The maximum Gasteiger partial charge on any atom is 0.319 e. The van der Waals surface area contributed by atoms with Gasteiger partial charge in [0.1, 0.15) is 0 Å². The molecule has 0 aliphatic heterocycles. The molecule has 2 aromatic carbocycles. The van der Waals surface area contributed by atoms with Gasteiger partial charge in [0.25, 0.3) is 0 Å². The van der Waals surface area contributed by atoms with Crippen LogP contribution in [-0.2, 0) is 4.79 Å². The van der Waals surface area contributed by atoms with Gasteiger partial charge in [0, 0.05) is 11.4 Å². The van der Waals surface area contributed by atoms with Crippen LogP contribution in [0.2, 0.25) is 0 Å². The largest absolute Gasteiger partial charge is 0.329 e. The molecule has 0 aromatic heterocycles. The molecular formula is C16H17N3O2. The lowest BCUT2D eigenvalue weighted by atomic mass is 10.2. The number of carbonyl (C=O) groups is 2. The molecule has 2 aromatic rings. The number of aryl methyl sites for hydroxylation is 1. The fourth-order valence-electron chi connectivity index (χ4n) is 1.79. The highest BCUT2D eigenvalue weighted by Crippen LogP contribution is 2.09. The molecule has 0 aliphatic rings. The number of benzene rings is 2. The Morgan fingerprint density at radius 3 is 2.33 bits per heavy atom. The Balaban J connectivity index is 1.77. The lowest BCUT2D eigenvalue weighted by molar-refractivity contribution is -0.115. The fourth-order valence-corrected chi connectivity index (χ4v) is 1.79. The summed E-state index contributed by atoms with van der Waals surface area (Å²) in [6.07, 6.45) is 0. The Labute approximate surface area is 123 Å². The predicted molar refractivity (Wildman–Crippen MR) is 83.3 cm³/mol. The zero-order valence-corrected chi connectivity index (χ0v) is 11.7. The number of hydrogen-bond donors (Lipinski definition) is 3. The summed E-state index contributed by atoms with van der Waals surface area (Å²) in [7, 11) is 0. The van der Waals surface area contributed by atoms with Crippen molar-refractivity contribution in [2.45, 2.75) is 6.92 Å². The zero-order valence-electron chi connectivity index (χ0n) is 11.7. The molecule has 0 spiro atoms. The maximum absolute atomic E-state index is 11.7. The van der Waals surface area contributed by atoms with Crippen molar-refractivity contribution in [1.29, 1.82) is 0 Å². The van der Waals surface area contributed by atoms with Crippen molar-refractivity contribution in [3.8, 4) is 0 Å². The Morgan fingerprint density at radius 1 is 0.905 bits per heavy atom. The highest BCUT2D eigenvalue weighted by Gasteiger charge is 2.06. The van der Waals surface area contributed by atoms with E-state index >= 15 is 0 Å². The van der Waals surface area contributed by atoms with Gasteiger partial charge in [-0.3, -0.25) is 4.79 Å². The molecule has 0 heterocycles. The van der Waals surface area contributed by atoms with Gasteiger partial charge >= 0.3 is 6.03 Å². The van der Waals surface area contributed by atoms with Gasteiger partial charge in [0.05, 0.1) is 6.54 Å². The van der Waals surface area contributed by atoms with Crippen molar-refractivity contribution >= 4 is 23.3 Å². The molecule has 0 unspecified atom stereocenters. The van der Waals surface area contributed by atoms with Crippen molar-refractivity contribution < 1.29 is 9.59 Å². The molecule has 0 radical (unpaired) electrons. The number of rotatable bonds is 4. The fraction of sp³-hybridized carbons (Fsp3) is 0.125. The molecule has 5 nitrogen and oxygen atoms in total. The van der Waals surface area contributed by atoms with Crippen LogP contribution >= 0.6 is 0 Å². The van der Waals surface area contributed by atoms with Crippen molar-refractivity contribution in [3.05, 3.63) is 60.2 Å². The Morgan fingerprint density at radius 2 is 1.62 bits per heavy atom. The van der Waals surface area contributed by atoms with E-state index in [0.717, 1.165) is 5.56 Å². The molecule has 3 N–H and O–H groups in total. The summed E-state index contributed by atoms with van der Waals surface area (Å²) in [5, 5.41) is 7.86. The van der Waals surface area contributed by atoms with Gasteiger partial charge in [-0.05, 0) is 36.8 Å². The third-order valence-electron chi connectivity index (χ3n) is 2.74. The normalized spacial score (nSPS) is 9.76. The quantitative estimate of drug-likeness (QED) is 0.807. The van der Waals surface area contributed by atoms with E-state index < -0.39 is 6.03 Å². The molecule has 5 heteroatoms. The third kappa shape index (κ3) is 4.99. The number of carbonyl (C=O) groups excluding carboxylic acids is 2. The number of hydrogen-bond acceptors (Lipinski definition) is 2. The van der Waals surface area contributed by atoms with Gasteiger partial charge in [-0.15, -0.1) is 0 Å². The third-order valence-corrected chi connectivity index (χ3v) is 2.74. The average Bonchev–Trinajstić information content (AvgIpc) is 2.46. The Hall–Kier alpha value is -2.82. The average molecular weight is 283 g/mol. The van der Waals surface area contributed by atoms with E-state index in [4.69, 9.17) is 0 Å². The van der Waals surface area contributed by atoms with Crippen LogP contribution in [0.1, 0.15) is 5.56 Å². The Kier molecular flexibility index (Phi) is 4.93. The van der Waals surface area contributed by atoms with Gasteiger partial charge in [-0.25, -0.2) is 4.79 Å². The summed E-state index contributed by atoms with van der Waals surface area (Å²) < 4.78 is 0. The van der Waals surface area contributed by atoms with Gasteiger partial charge in [0.15, 0.2) is 0 Å². The topological polar surface area (TPSA) is 70.2 Å². The maximum atomic E-state index is 11.7. The second-order valence-corrected chi connectivity index (χ2v) is 4.59. The smallest absolute Gasteiger partial charge is 0.319 e. The molecule has 0 bridgehead atoms. The van der Waals surface area contributed by atoms with E-state index in [2.05, 4.69) is 16.0 Å². The molecule has 3 amide bonds. The van der Waals surface area contributed by atoms with Crippen molar-refractivity contribution in [3.63, 3.8) is 0 Å². The minimum atomic E-state index is -0.416. The lowest BCUT2D eigenvalue weighted by Gasteiger charge is -2.08. The van der Waals surface area contributed by atoms with Crippen LogP contribution in [0.5, 0.6) is 0 Å². The molecule has 0 aliphatic carbocycles. The molecule has 0 atom stereocenters. The van der Waals surface area contributed by atoms with E-state index in [1.54, 1.807) is 18.2 Å². The molecule has 21 heavy (non-hydrogen) atoms. The van der Waals surface area contributed by atoms with Gasteiger partial charge in [-0.1, -0.05) is 30.3 Å². The van der Waals surface area contributed by atoms with Crippen LogP contribution in [0.25, 0.3) is 0 Å². The van der Waals surface area contributed by atoms with Crippen molar-refractivity contribution in [2.24, 2.45) is 0 Å². The number of urea groups is 1. The summed E-state index contributed by atoms with van der Waals surface area (Å²) in [5.74, 6) is -0.274. The molecule has 2 rings (SSSR count). The summed E-state index contributed by atoms with van der Waals surface area (Å²) in [5.41, 5.74) is 2.45. The summed E-state index contributed by atoms with van der Waals surface area (Å²) in [6.45, 7) is 1.85. The van der Waals surface area contributed by atoms with E-state index in [1.807, 2.05) is 43.3 Å². The molecular weight excluding hydrogens is 266 g/mol. The first-order valence-corrected chi connectivity index (χ1v) is 6.60. The highest BCUT2D eigenvalue weighted by molar-refractivity contribution is 5.96. The number of nitrogens with one attached hydrogen (secondary N) is 3. The summed E-state index contributed by atoms with van der Waals surface area (Å²) in [4.78, 5) is 23.3. The molecule has 0 saturated heterocycles. The van der Waals surface area contributed by atoms with Gasteiger partial charge in [0.2, 0.25) is 5.91 Å². The van der Waals surface area contributed by atoms with Crippen LogP contribution in [0.4, 0.5) is 16.2 Å². The highest BCUT2D eigenvalue weighted by atomic mass is 16.2. The molecule has 108 valence electrons. The minimum absolute atomic E-state index is 0.0907. The van der Waals surface area contributed by atoms with E-state index in [-0.39, 0.29) is 12.5 Å². The minimum Gasteiger partial charge on any atom is -0.329 e. The summed E-state index contributed by atoms with van der Waals surface area (Å²) in [6, 6.07) is 16.1. The van der Waals surface area contributed by atoms with Crippen molar-refractivity contribution in [1.82, 2.24) is 5.32 Å². The number of anilines is 2. The second kappa shape index (κ2) is 7.09. The van der Waals surface area contributed by atoms with Crippen LogP contribution in [0.3, 0.4) is 0 Å². The molecule has 0 saturated carbocycles. The first-order valence-electron chi connectivity index (χ1n) is 6.60. The standard InChI is InChI=1S/C16H17N3O2/c1-12-6-5-9-14(10-12)18-15(20)11-17-16(21)19-13-7-3-2-4-8-13/h2-10H,11H2,1H3,(H,18,20)(H2,17,19,21). The zero-order chi connectivity index (χ0) is 15.1. The van der Waals surface area contributed by atoms with Crippen LogP contribution in [0.15, 0.2) is 54.6 Å².